The summed E-state index contributed by atoms with van der Waals surface area (Å²) in [7, 11) is 1.57. The van der Waals surface area contributed by atoms with E-state index >= 15 is 0 Å². The molecule has 0 radical (unpaired) electrons. The van der Waals surface area contributed by atoms with Gasteiger partial charge in [0.05, 0.1) is 12.4 Å². The highest BCUT2D eigenvalue weighted by molar-refractivity contribution is 8.00. The molecule has 6 heteroatoms. The monoisotopic (exact) mass is 470 g/mol. The molecular weight excluding hydrogens is 444 g/mol. The van der Waals surface area contributed by atoms with Crippen LogP contribution in [-0.2, 0) is 4.79 Å². The van der Waals surface area contributed by atoms with Crippen LogP contribution in [0.2, 0.25) is 0 Å². The second kappa shape index (κ2) is 10.9. The number of nitrogens with one attached hydrogen (secondary N) is 2. The van der Waals surface area contributed by atoms with Crippen molar-refractivity contribution in [3.63, 3.8) is 0 Å². The van der Waals surface area contributed by atoms with Gasteiger partial charge in [-0.25, -0.2) is 0 Å². The van der Waals surface area contributed by atoms with Gasteiger partial charge in [0.1, 0.15) is 5.75 Å². The third-order valence-corrected chi connectivity index (χ3v) is 6.77. The number of rotatable bonds is 8. The van der Waals surface area contributed by atoms with E-state index in [1.54, 1.807) is 31.4 Å². The summed E-state index contributed by atoms with van der Waals surface area (Å²) in [5, 5.41) is 7.84. The molecule has 2 N–H and O–H groups in total. The third-order valence-electron chi connectivity index (χ3n) is 5.41. The summed E-state index contributed by atoms with van der Waals surface area (Å²) < 4.78 is 5.20. The zero-order chi connectivity index (χ0) is 23.9. The Balaban J connectivity index is 1.45. The SMILES string of the molecule is CCC(Sc1cccc(NC(=O)c2cccc(OC)c2)c1)C(=O)Nc1cccc2ccccc12. The highest BCUT2D eigenvalue weighted by atomic mass is 32.2. The first kappa shape index (κ1) is 23.4. The maximum absolute atomic E-state index is 13.1. The number of benzene rings is 4. The minimum atomic E-state index is -0.275. The molecule has 0 heterocycles. The van der Waals surface area contributed by atoms with Crippen LogP contribution < -0.4 is 15.4 Å². The van der Waals surface area contributed by atoms with Gasteiger partial charge in [-0.2, -0.15) is 0 Å². The quantitative estimate of drug-likeness (QED) is 0.284. The van der Waals surface area contributed by atoms with Crippen LogP contribution in [0.1, 0.15) is 23.7 Å². The normalized spacial score (nSPS) is 11.6. The van der Waals surface area contributed by atoms with E-state index in [1.165, 1.54) is 11.8 Å². The first-order valence-electron chi connectivity index (χ1n) is 11.1. The number of hydrogen-bond acceptors (Lipinski definition) is 4. The molecule has 172 valence electrons. The lowest BCUT2D eigenvalue weighted by Gasteiger charge is -2.16. The van der Waals surface area contributed by atoms with E-state index in [0.717, 1.165) is 21.4 Å². The standard InChI is InChI=1S/C28H26N2O3S/c1-3-26(28(32)30-25-16-7-10-19-9-4-5-15-24(19)25)34-23-14-8-12-21(18-23)29-27(31)20-11-6-13-22(17-20)33-2/h4-18,26H,3H2,1-2H3,(H,29,31)(H,30,32). The van der Waals surface area contributed by atoms with E-state index in [4.69, 9.17) is 4.74 Å². The zero-order valence-electron chi connectivity index (χ0n) is 19.1. The predicted octanol–water partition coefficient (Wildman–Crippen LogP) is 6.61. The van der Waals surface area contributed by atoms with Crippen LogP contribution in [0.5, 0.6) is 5.75 Å². The second-order valence-corrected chi connectivity index (χ2v) is 9.02. The van der Waals surface area contributed by atoms with Gasteiger partial charge in [-0.15, -0.1) is 11.8 Å². The Kier molecular flexibility index (Phi) is 7.50. The van der Waals surface area contributed by atoms with E-state index < -0.39 is 0 Å². The van der Waals surface area contributed by atoms with Crippen LogP contribution in [0, 0.1) is 0 Å². The van der Waals surface area contributed by atoms with Crippen molar-refractivity contribution < 1.29 is 14.3 Å². The number of carbonyl (C=O) groups is 2. The average Bonchev–Trinajstić information content (AvgIpc) is 2.87. The molecule has 2 amide bonds. The molecule has 4 aromatic carbocycles. The Morgan fingerprint density at radius 3 is 2.47 bits per heavy atom. The molecule has 4 rings (SSSR count). The van der Waals surface area contributed by atoms with E-state index in [1.807, 2.05) is 73.7 Å². The van der Waals surface area contributed by atoms with Gasteiger partial charge >= 0.3 is 0 Å². The number of carbonyl (C=O) groups excluding carboxylic acids is 2. The summed E-state index contributed by atoms with van der Waals surface area (Å²) in [6, 6.07) is 28.4. The van der Waals surface area contributed by atoms with Crippen LogP contribution in [0.15, 0.2) is 95.9 Å². The molecule has 0 saturated carbocycles. The average molecular weight is 471 g/mol. The molecular formula is C28H26N2O3S. The molecule has 0 saturated heterocycles. The van der Waals surface area contributed by atoms with Gasteiger partial charge in [0.25, 0.3) is 5.91 Å². The summed E-state index contributed by atoms with van der Waals surface area (Å²) >= 11 is 1.48. The van der Waals surface area contributed by atoms with Crippen molar-refractivity contribution >= 4 is 45.7 Å². The number of hydrogen-bond donors (Lipinski definition) is 2. The molecule has 34 heavy (non-hydrogen) atoms. The third kappa shape index (κ3) is 5.58. The van der Waals surface area contributed by atoms with Crippen molar-refractivity contribution in [3.8, 4) is 5.75 Å². The van der Waals surface area contributed by atoms with E-state index in [9.17, 15) is 9.59 Å². The minimum absolute atomic E-state index is 0.0466. The van der Waals surface area contributed by atoms with Gasteiger partial charge in [0.2, 0.25) is 5.91 Å². The summed E-state index contributed by atoms with van der Waals surface area (Å²) in [5.74, 6) is 0.358. The fourth-order valence-corrected chi connectivity index (χ4v) is 4.66. The predicted molar refractivity (Wildman–Crippen MR) is 140 cm³/mol. The molecule has 1 unspecified atom stereocenters. The maximum atomic E-state index is 13.1. The fourth-order valence-electron chi connectivity index (χ4n) is 3.65. The van der Waals surface area contributed by atoms with Crippen molar-refractivity contribution in [1.82, 2.24) is 0 Å². The summed E-state index contributed by atoms with van der Waals surface area (Å²) in [6.45, 7) is 1.99. The van der Waals surface area contributed by atoms with Crippen molar-refractivity contribution in [2.45, 2.75) is 23.5 Å². The van der Waals surface area contributed by atoms with Crippen LogP contribution in [0.4, 0.5) is 11.4 Å². The van der Waals surface area contributed by atoms with E-state index in [0.29, 0.717) is 23.4 Å². The van der Waals surface area contributed by atoms with E-state index in [-0.39, 0.29) is 17.1 Å². The second-order valence-electron chi connectivity index (χ2n) is 7.74. The molecule has 0 aliphatic carbocycles. The lowest BCUT2D eigenvalue weighted by Crippen LogP contribution is -2.24. The highest BCUT2D eigenvalue weighted by Crippen LogP contribution is 2.30. The smallest absolute Gasteiger partial charge is 0.255 e. The fraction of sp³-hybridized carbons (Fsp3) is 0.143. The van der Waals surface area contributed by atoms with Gasteiger partial charge in [0, 0.05) is 27.2 Å². The first-order valence-corrected chi connectivity index (χ1v) is 12.0. The largest absolute Gasteiger partial charge is 0.497 e. The number of thioether (sulfide) groups is 1. The summed E-state index contributed by atoms with van der Waals surface area (Å²) in [4.78, 5) is 26.6. The van der Waals surface area contributed by atoms with Gasteiger partial charge in [-0.1, -0.05) is 55.5 Å². The van der Waals surface area contributed by atoms with Crippen molar-refractivity contribution in [2.24, 2.45) is 0 Å². The Hall–Kier alpha value is -3.77. The Bertz CT molecular complexity index is 1320. The zero-order valence-corrected chi connectivity index (χ0v) is 19.9. The minimum Gasteiger partial charge on any atom is -0.497 e. The van der Waals surface area contributed by atoms with Crippen LogP contribution in [0.25, 0.3) is 10.8 Å². The van der Waals surface area contributed by atoms with E-state index in [2.05, 4.69) is 10.6 Å². The summed E-state index contributed by atoms with van der Waals surface area (Å²) in [5.41, 5.74) is 1.99. The van der Waals surface area contributed by atoms with Crippen molar-refractivity contribution in [2.75, 3.05) is 17.7 Å². The molecule has 0 aliphatic rings. The molecule has 4 aromatic rings. The molecule has 5 nitrogen and oxygen atoms in total. The number of anilines is 2. The number of amides is 2. The molecule has 1 atom stereocenters. The number of ether oxygens (including phenoxy) is 1. The number of methoxy groups -OCH3 is 1. The Morgan fingerprint density at radius 2 is 1.65 bits per heavy atom. The molecule has 0 aromatic heterocycles. The lowest BCUT2D eigenvalue weighted by molar-refractivity contribution is -0.115. The Morgan fingerprint density at radius 1 is 0.882 bits per heavy atom. The van der Waals surface area contributed by atoms with Gasteiger partial charge in [-0.05, 0) is 54.3 Å². The first-order chi connectivity index (χ1) is 16.6. The topological polar surface area (TPSA) is 67.4 Å². The maximum Gasteiger partial charge on any atom is 0.255 e. The van der Waals surface area contributed by atoms with Crippen molar-refractivity contribution in [1.29, 1.82) is 0 Å². The van der Waals surface area contributed by atoms with Crippen molar-refractivity contribution in [3.05, 3.63) is 96.6 Å². The van der Waals surface area contributed by atoms with Gasteiger partial charge in [-0.3, -0.25) is 9.59 Å². The van der Waals surface area contributed by atoms with Gasteiger partial charge < -0.3 is 15.4 Å². The molecule has 0 aliphatic heterocycles. The van der Waals surface area contributed by atoms with Crippen LogP contribution >= 0.6 is 11.8 Å². The molecule has 0 fully saturated rings. The number of fused-ring (bicyclic) bond motifs is 1. The Labute approximate surface area is 203 Å². The molecule has 0 spiro atoms. The van der Waals surface area contributed by atoms with Crippen LogP contribution in [-0.4, -0.2) is 24.2 Å². The van der Waals surface area contributed by atoms with Crippen LogP contribution in [0.3, 0.4) is 0 Å². The van der Waals surface area contributed by atoms with Gasteiger partial charge in [0.15, 0.2) is 0 Å². The lowest BCUT2D eigenvalue weighted by atomic mass is 10.1. The summed E-state index contributed by atoms with van der Waals surface area (Å²) in [6.07, 6.45) is 0.668. The highest BCUT2D eigenvalue weighted by Gasteiger charge is 2.19. The molecule has 0 bridgehead atoms.